The van der Waals surface area contributed by atoms with Crippen molar-refractivity contribution in [1.29, 1.82) is 0 Å². The number of hydrogen-bond donors (Lipinski definition) is 1. The first-order chi connectivity index (χ1) is 13.6. The zero-order valence-electron chi connectivity index (χ0n) is 15.6. The molecule has 0 saturated heterocycles. The maximum absolute atomic E-state index is 12.9. The van der Waals surface area contributed by atoms with Crippen LogP contribution in [0.3, 0.4) is 0 Å². The fourth-order valence-corrected chi connectivity index (χ4v) is 4.12. The number of carbonyl (C=O) groups is 2. The lowest BCUT2D eigenvalue weighted by atomic mass is 9.90. The van der Waals surface area contributed by atoms with Gasteiger partial charge in [-0.2, -0.15) is 0 Å². The van der Waals surface area contributed by atoms with Crippen LogP contribution in [-0.2, 0) is 24.2 Å². The second-order valence-corrected chi connectivity index (χ2v) is 7.12. The first-order valence-electron chi connectivity index (χ1n) is 9.58. The predicted octanol–water partition coefficient (Wildman–Crippen LogP) is 4.13. The van der Waals surface area contributed by atoms with Crippen molar-refractivity contribution in [1.82, 2.24) is 9.55 Å². The Morgan fingerprint density at radius 2 is 1.82 bits per heavy atom. The van der Waals surface area contributed by atoms with E-state index >= 15 is 0 Å². The Labute approximate surface area is 163 Å². The fourth-order valence-electron chi connectivity index (χ4n) is 4.12. The Bertz CT molecular complexity index is 1010. The van der Waals surface area contributed by atoms with E-state index in [-0.39, 0.29) is 12.2 Å². The summed E-state index contributed by atoms with van der Waals surface area (Å²) in [4.78, 5) is 28.3. The highest BCUT2D eigenvalue weighted by Crippen LogP contribution is 2.37. The SMILES string of the molecule is O=C(O)CCn1c2c(c(Cc3ccccc3)c1-c1ccncc1)C(=O)CCC2. The fraction of sp³-hybridized carbons (Fsp3) is 0.261. The van der Waals surface area contributed by atoms with Gasteiger partial charge in [0.2, 0.25) is 0 Å². The smallest absolute Gasteiger partial charge is 0.305 e. The second kappa shape index (κ2) is 7.80. The number of aliphatic carboxylic acids is 1. The van der Waals surface area contributed by atoms with E-state index in [1.807, 2.05) is 30.3 Å². The molecule has 1 aromatic carbocycles. The highest BCUT2D eigenvalue weighted by Gasteiger charge is 2.30. The topological polar surface area (TPSA) is 72.2 Å². The number of aromatic nitrogens is 2. The van der Waals surface area contributed by atoms with Crippen LogP contribution in [0.25, 0.3) is 11.3 Å². The summed E-state index contributed by atoms with van der Waals surface area (Å²) in [5.74, 6) is -0.675. The van der Waals surface area contributed by atoms with Crippen molar-refractivity contribution in [2.45, 2.75) is 38.6 Å². The Morgan fingerprint density at radius 3 is 2.54 bits per heavy atom. The standard InChI is InChI=1S/C23H22N2O3/c26-20-8-4-7-19-22(20)18(15-16-5-2-1-3-6-16)23(17-9-12-24-13-10-17)25(19)14-11-21(27)28/h1-3,5-6,9-10,12-13H,4,7-8,11,14-15H2,(H,27,28). The summed E-state index contributed by atoms with van der Waals surface area (Å²) in [5, 5.41) is 9.24. The minimum atomic E-state index is -0.838. The Morgan fingerprint density at radius 1 is 1.07 bits per heavy atom. The summed E-state index contributed by atoms with van der Waals surface area (Å²) in [6, 6.07) is 13.9. The summed E-state index contributed by atoms with van der Waals surface area (Å²) in [6.07, 6.45) is 6.29. The molecule has 1 aliphatic carbocycles. The molecule has 0 radical (unpaired) electrons. The molecule has 4 rings (SSSR count). The molecule has 142 valence electrons. The first-order valence-corrected chi connectivity index (χ1v) is 9.58. The Kier molecular flexibility index (Phi) is 5.06. The molecule has 0 fully saturated rings. The molecule has 2 aromatic heterocycles. The van der Waals surface area contributed by atoms with Gasteiger partial charge < -0.3 is 9.67 Å². The van der Waals surface area contributed by atoms with Crippen molar-refractivity contribution < 1.29 is 14.7 Å². The molecule has 5 nitrogen and oxygen atoms in total. The van der Waals surface area contributed by atoms with Crippen LogP contribution in [0.4, 0.5) is 0 Å². The number of carboxylic acid groups (broad SMARTS) is 1. The summed E-state index contributed by atoms with van der Waals surface area (Å²) < 4.78 is 2.06. The van der Waals surface area contributed by atoms with E-state index in [0.717, 1.165) is 46.5 Å². The Hall–Kier alpha value is -3.21. The summed E-state index contributed by atoms with van der Waals surface area (Å²) in [5.41, 5.74) is 5.83. The van der Waals surface area contributed by atoms with E-state index < -0.39 is 5.97 Å². The quantitative estimate of drug-likeness (QED) is 0.704. The summed E-state index contributed by atoms with van der Waals surface area (Å²) in [7, 11) is 0. The van der Waals surface area contributed by atoms with Gasteiger partial charge in [-0.3, -0.25) is 14.6 Å². The molecular formula is C23H22N2O3. The predicted molar refractivity (Wildman–Crippen MR) is 106 cm³/mol. The van der Waals surface area contributed by atoms with E-state index in [4.69, 9.17) is 0 Å². The van der Waals surface area contributed by atoms with Crippen molar-refractivity contribution in [3.63, 3.8) is 0 Å². The van der Waals surface area contributed by atoms with Gasteiger partial charge in [0.25, 0.3) is 0 Å². The van der Waals surface area contributed by atoms with Gasteiger partial charge in [0.15, 0.2) is 5.78 Å². The number of pyridine rings is 1. The van der Waals surface area contributed by atoms with E-state index in [2.05, 4.69) is 21.7 Å². The molecule has 0 aliphatic heterocycles. The highest BCUT2D eigenvalue weighted by atomic mass is 16.4. The molecule has 0 unspecified atom stereocenters. The summed E-state index contributed by atoms with van der Waals surface area (Å²) >= 11 is 0. The molecular weight excluding hydrogens is 352 g/mol. The van der Waals surface area contributed by atoms with Crippen LogP contribution in [0.5, 0.6) is 0 Å². The van der Waals surface area contributed by atoms with Crippen molar-refractivity contribution in [3.8, 4) is 11.3 Å². The molecule has 0 saturated carbocycles. The zero-order valence-corrected chi connectivity index (χ0v) is 15.6. The maximum atomic E-state index is 12.9. The average molecular weight is 374 g/mol. The number of carboxylic acids is 1. The molecule has 0 bridgehead atoms. The largest absolute Gasteiger partial charge is 0.481 e. The molecule has 2 heterocycles. The Balaban J connectivity index is 1.93. The molecule has 1 aliphatic rings. The molecule has 28 heavy (non-hydrogen) atoms. The van der Waals surface area contributed by atoms with Gasteiger partial charge in [-0.25, -0.2) is 0 Å². The van der Waals surface area contributed by atoms with Crippen LogP contribution in [0.15, 0.2) is 54.9 Å². The number of ketones is 1. The van der Waals surface area contributed by atoms with Crippen molar-refractivity contribution >= 4 is 11.8 Å². The number of nitrogens with zero attached hydrogens (tertiary/aromatic N) is 2. The number of fused-ring (bicyclic) bond motifs is 1. The number of hydrogen-bond acceptors (Lipinski definition) is 3. The third-order valence-electron chi connectivity index (χ3n) is 5.29. The lowest BCUT2D eigenvalue weighted by Gasteiger charge is -2.16. The molecule has 0 atom stereocenters. The highest BCUT2D eigenvalue weighted by molar-refractivity contribution is 6.01. The van der Waals surface area contributed by atoms with Crippen LogP contribution in [-0.4, -0.2) is 26.4 Å². The number of benzene rings is 1. The molecule has 1 N–H and O–H groups in total. The molecule has 0 amide bonds. The number of rotatable bonds is 6. The lowest BCUT2D eigenvalue weighted by molar-refractivity contribution is -0.137. The van der Waals surface area contributed by atoms with Crippen LogP contribution in [0.1, 0.15) is 46.4 Å². The van der Waals surface area contributed by atoms with Crippen molar-refractivity contribution in [2.24, 2.45) is 0 Å². The van der Waals surface area contributed by atoms with Crippen molar-refractivity contribution in [2.75, 3.05) is 0 Å². The van der Waals surface area contributed by atoms with Gasteiger partial charge in [-0.1, -0.05) is 30.3 Å². The summed E-state index contributed by atoms with van der Waals surface area (Å²) in [6.45, 7) is 0.359. The minimum Gasteiger partial charge on any atom is -0.481 e. The average Bonchev–Trinajstić information content (AvgIpc) is 3.02. The molecule has 5 heteroatoms. The maximum Gasteiger partial charge on any atom is 0.305 e. The van der Waals surface area contributed by atoms with Gasteiger partial charge in [0, 0.05) is 48.6 Å². The third kappa shape index (κ3) is 3.48. The lowest BCUT2D eigenvalue weighted by Crippen LogP contribution is -2.15. The van der Waals surface area contributed by atoms with Gasteiger partial charge in [-0.15, -0.1) is 0 Å². The van der Waals surface area contributed by atoms with E-state index in [0.29, 0.717) is 19.4 Å². The van der Waals surface area contributed by atoms with Crippen LogP contribution in [0, 0.1) is 0 Å². The molecule has 3 aromatic rings. The van der Waals surface area contributed by atoms with Gasteiger partial charge in [0.1, 0.15) is 0 Å². The van der Waals surface area contributed by atoms with E-state index in [1.165, 1.54) is 0 Å². The van der Waals surface area contributed by atoms with Gasteiger partial charge in [-0.05, 0) is 36.1 Å². The number of carbonyl (C=O) groups excluding carboxylic acids is 1. The van der Waals surface area contributed by atoms with Crippen LogP contribution < -0.4 is 0 Å². The monoisotopic (exact) mass is 374 g/mol. The normalized spacial score (nSPS) is 13.4. The van der Waals surface area contributed by atoms with Gasteiger partial charge in [0.05, 0.1) is 12.1 Å². The molecule has 0 spiro atoms. The third-order valence-corrected chi connectivity index (χ3v) is 5.29. The van der Waals surface area contributed by atoms with E-state index in [1.54, 1.807) is 12.4 Å². The first kappa shape index (κ1) is 18.2. The van der Waals surface area contributed by atoms with Gasteiger partial charge >= 0.3 is 5.97 Å². The van der Waals surface area contributed by atoms with E-state index in [9.17, 15) is 14.7 Å². The van der Waals surface area contributed by atoms with Crippen LogP contribution >= 0.6 is 0 Å². The number of Topliss-reactive ketones (excluding diaryl/α,β-unsaturated/α-hetero) is 1. The minimum absolute atomic E-state index is 0.0260. The van der Waals surface area contributed by atoms with Crippen molar-refractivity contribution in [3.05, 3.63) is 77.2 Å². The van der Waals surface area contributed by atoms with Crippen LogP contribution in [0.2, 0.25) is 0 Å². The zero-order chi connectivity index (χ0) is 19.5. The second-order valence-electron chi connectivity index (χ2n) is 7.12.